The van der Waals surface area contributed by atoms with Gasteiger partial charge >= 0.3 is 0 Å². The van der Waals surface area contributed by atoms with Gasteiger partial charge in [-0.2, -0.15) is 0 Å². The second-order valence-corrected chi connectivity index (χ2v) is 2.49. The lowest BCUT2D eigenvalue weighted by molar-refractivity contribution is 0.818. The van der Waals surface area contributed by atoms with E-state index in [0.29, 0.717) is 11.9 Å². The van der Waals surface area contributed by atoms with Gasteiger partial charge in [-0.3, -0.25) is 0 Å². The third kappa shape index (κ3) is 2.72. The van der Waals surface area contributed by atoms with Crippen LogP contribution in [0.1, 0.15) is 25.5 Å². The molecule has 1 aromatic heterocycles. The van der Waals surface area contributed by atoms with Crippen molar-refractivity contribution in [3.63, 3.8) is 0 Å². The Hall–Kier alpha value is -0.830. The molecular formula is C7H12ClN3. The Labute approximate surface area is 72.5 Å². The third-order valence-corrected chi connectivity index (χ3v) is 1.29. The Balaban J connectivity index is 0.000001000. The van der Waals surface area contributed by atoms with Crippen LogP contribution in [-0.2, 0) is 0 Å². The molecule has 1 heterocycles. The second kappa shape index (κ2) is 4.13. The molecule has 0 unspecified atom stereocenters. The van der Waals surface area contributed by atoms with E-state index in [1.54, 1.807) is 6.20 Å². The Kier molecular flexibility index (Phi) is 3.82. The van der Waals surface area contributed by atoms with Gasteiger partial charge in [0, 0.05) is 11.9 Å². The molecule has 0 saturated heterocycles. The van der Waals surface area contributed by atoms with Crippen LogP contribution >= 0.6 is 12.4 Å². The predicted molar refractivity (Wildman–Crippen MR) is 47.8 cm³/mol. The highest BCUT2D eigenvalue weighted by Crippen LogP contribution is 2.09. The zero-order valence-electron chi connectivity index (χ0n) is 6.61. The topological polar surface area (TPSA) is 51.8 Å². The number of nitrogens with two attached hydrogens (primary N) is 1. The van der Waals surface area contributed by atoms with Gasteiger partial charge in [0.1, 0.15) is 0 Å². The zero-order chi connectivity index (χ0) is 7.56. The summed E-state index contributed by atoms with van der Waals surface area (Å²) in [5.41, 5.74) is 6.37. The highest BCUT2D eigenvalue weighted by molar-refractivity contribution is 5.85. The van der Waals surface area contributed by atoms with Crippen molar-refractivity contribution in [2.75, 3.05) is 5.73 Å². The monoisotopic (exact) mass is 173 g/mol. The molecule has 0 amide bonds. The first kappa shape index (κ1) is 10.2. The molecule has 0 bridgehead atoms. The number of nitrogen functional groups attached to an aromatic ring is 1. The molecule has 0 fully saturated rings. The SMILES string of the molecule is CC(C)c1ccnc(N)n1.Cl. The first-order valence-corrected chi connectivity index (χ1v) is 3.28. The molecule has 1 rings (SSSR count). The molecule has 4 heteroatoms. The quantitative estimate of drug-likeness (QED) is 0.702. The van der Waals surface area contributed by atoms with Crippen LogP contribution in [0.25, 0.3) is 0 Å². The van der Waals surface area contributed by atoms with Crippen molar-refractivity contribution in [1.29, 1.82) is 0 Å². The molecule has 0 atom stereocenters. The van der Waals surface area contributed by atoms with E-state index in [1.807, 2.05) is 6.07 Å². The smallest absolute Gasteiger partial charge is 0.220 e. The Bertz CT molecular complexity index is 225. The molecular weight excluding hydrogens is 162 g/mol. The van der Waals surface area contributed by atoms with E-state index in [-0.39, 0.29) is 12.4 Å². The molecule has 0 saturated carbocycles. The summed E-state index contributed by atoms with van der Waals surface area (Å²) >= 11 is 0. The molecule has 3 nitrogen and oxygen atoms in total. The molecule has 1 aromatic rings. The maximum Gasteiger partial charge on any atom is 0.220 e. The fourth-order valence-corrected chi connectivity index (χ4v) is 0.710. The number of nitrogens with zero attached hydrogens (tertiary/aromatic N) is 2. The van der Waals surface area contributed by atoms with Crippen molar-refractivity contribution in [1.82, 2.24) is 9.97 Å². The summed E-state index contributed by atoms with van der Waals surface area (Å²) in [6, 6.07) is 1.88. The molecule has 0 aliphatic rings. The van der Waals surface area contributed by atoms with Gasteiger partial charge in [0.2, 0.25) is 5.95 Å². The van der Waals surface area contributed by atoms with Gasteiger partial charge in [-0.05, 0) is 12.0 Å². The Morgan fingerprint density at radius 3 is 2.45 bits per heavy atom. The lowest BCUT2D eigenvalue weighted by atomic mass is 10.1. The maximum absolute atomic E-state index is 5.37. The number of anilines is 1. The van der Waals surface area contributed by atoms with Crippen LogP contribution in [0.15, 0.2) is 12.3 Å². The zero-order valence-corrected chi connectivity index (χ0v) is 7.43. The lowest BCUT2D eigenvalue weighted by Crippen LogP contribution is -1.98. The summed E-state index contributed by atoms with van der Waals surface area (Å²) in [6.45, 7) is 4.14. The van der Waals surface area contributed by atoms with Gasteiger partial charge in [-0.1, -0.05) is 13.8 Å². The van der Waals surface area contributed by atoms with E-state index in [1.165, 1.54) is 0 Å². The number of rotatable bonds is 1. The molecule has 62 valence electrons. The summed E-state index contributed by atoms with van der Waals surface area (Å²) in [6.07, 6.45) is 1.68. The van der Waals surface area contributed by atoms with Gasteiger partial charge in [-0.25, -0.2) is 9.97 Å². The number of halogens is 1. The lowest BCUT2D eigenvalue weighted by Gasteiger charge is -2.02. The highest BCUT2D eigenvalue weighted by Gasteiger charge is 1.99. The fourth-order valence-electron chi connectivity index (χ4n) is 0.710. The molecule has 0 radical (unpaired) electrons. The summed E-state index contributed by atoms with van der Waals surface area (Å²) in [5.74, 6) is 0.775. The van der Waals surface area contributed by atoms with Crippen LogP contribution in [0.4, 0.5) is 5.95 Å². The van der Waals surface area contributed by atoms with Crippen LogP contribution in [-0.4, -0.2) is 9.97 Å². The van der Waals surface area contributed by atoms with Crippen LogP contribution < -0.4 is 5.73 Å². The van der Waals surface area contributed by atoms with Crippen molar-refractivity contribution in [2.45, 2.75) is 19.8 Å². The van der Waals surface area contributed by atoms with E-state index in [4.69, 9.17) is 5.73 Å². The minimum atomic E-state index is 0. The van der Waals surface area contributed by atoms with Gasteiger partial charge in [-0.15, -0.1) is 12.4 Å². The minimum Gasteiger partial charge on any atom is -0.368 e. The average Bonchev–Trinajstić information content (AvgIpc) is 1.88. The summed E-state index contributed by atoms with van der Waals surface area (Å²) in [7, 11) is 0. The minimum absolute atomic E-state index is 0. The van der Waals surface area contributed by atoms with Crippen molar-refractivity contribution in [2.24, 2.45) is 0 Å². The molecule has 0 aliphatic heterocycles. The van der Waals surface area contributed by atoms with E-state index in [2.05, 4.69) is 23.8 Å². The predicted octanol–water partition coefficient (Wildman–Crippen LogP) is 1.60. The standard InChI is InChI=1S/C7H11N3.ClH/c1-5(2)6-3-4-9-7(8)10-6;/h3-5H,1-2H3,(H2,8,9,10);1H. The van der Waals surface area contributed by atoms with Gasteiger partial charge in [0.25, 0.3) is 0 Å². The second-order valence-electron chi connectivity index (χ2n) is 2.49. The molecule has 0 aliphatic carbocycles. The van der Waals surface area contributed by atoms with Crippen molar-refractivity contribution in [3.05, 3.63) is 18.0 Å². The van der Waals surface area contributed by atoms with Gasteiger partial charge in [0.15, 0.2) is 0 Å². The highest BCUT2D eigenvalue weighted by atomic mass is 35.5. The molecule has 11 heavy (non-hydrogen) atoms. The van der Waals surface area contributed by atoms with Gasteiger partial charge < -0.3 is 5.73 Å². The fraction of sp³-hybridized carbons (Fsp3) is 0.429. The van der Waals surface area contributed by atoms with Crippen molar-refractivity contribution < 1.29 is 0 Å². The van der Waals surface area contributed by atoms with Gasteiger partial charge in [0.05, 0.1) is 0 Å². The van der Waals surface area contributed by atoms with Crippen LogP contribution in [0.2, 0.25) is 0 Å². The summed E-state index contributed by atoms with van der Waals surface area (Å²) < 4.78 is 0. The Morgan fingerprint density at radius 1 is 1.45 bits per heavy atom. The number of aromatic nitrogens is 2. The van der Waals surface area contributed by atoms with Crippen LogP contribution in [0.5, 0.6) is 0 Å². The normalized spacial score (nSPS) is 9.36. The molecule has 2 N–H and O–H groups in total. The van der Waals surface area contributed by atoms with Crippen LogP contribution in [0.3, 0.4) is 0 Å². The van der Waals surface area contributed by atoms with Crippen molar-refractivity contribution in [3.8, 4) is 0 Å². The summed E-state index contributed by atoms with van der Waals surface area (Å²) in [5, 5.41) is 0. The van der Waals surface area contributed by atoms with Crippen LogP contribution in [0, 0.1) is 0 Å². The first-order chi connectivity index (χ1) is 4.70. The molecule has 0 spiro atoms. The van der Waals surface area contributed by atoms with E-state index >= 15 is 0 Å². The first-order valence-electron chi connectivity index (χ1n) is 3.28. The molecule has 0 aromatic carbocycles. The van der Waals surface area contributed by atoms with Crippen molar-refractivity contribution >= 4 is 18.4 Å². The maximum atomic E-state index is 5.37. The third-order valence-electron chi connectivity index (χ3n) is 1.29. The largest absolute Gasteiger partial charge is 0.368 e. The number of hydrogen-bond acceptors (Lipinski definition) is 3. The van der Waals surface area contributed by atoms with E-state index in [9.17, 15) is 0 Å². The average molecular weight is 174 g/mol. The van der Waals surface area contributed by atoms with E-state index < -0.39 is 0 Å². The Morgan fingerprint density at radius 2 is 2.09 bits per heavy atom. The van der Waals surface area contributed by atoms with E-state index in [0.717, 1.165) is 5.69 Å². The number of hydrogen-bond donors (Lipinski definition) is 1. The summed E-state index contributed by atoms with van der Waals surface area (Å²) in [4.78, 5) is 7.83.